The average Bonchev–Trinajstić information content (AvgIpc) is 2.73. The molecule has 5 nitrogen and oxygen atoms in total. The van der Waals surface area contributed by atoms with E-state index in [1.54, 1.807) is 0 Å². The molecule has 3 rings (SSSR count). The predicted molar refractivity (Wildman–Crippen MR) is 97.2 cm³/mol. The van der Waals surface area contributed by atoms with Crippen molar-refractivity contribution in [2.45, 2.75) is 64.5 Å². The molecule has 25 heavy (non-hydrogen) atoms. The van der Waals surface area contributed by atoms with E-state index in [1.165, 1.54) is 21.6 Å². The Morgan fingerprint density at radius 3 is 2.44 bits per heavy atom. The fraction of sp³-hybridized carbons (Fsp3) is 0.600. The molecule has 1 saturated carbocycles. The molecule has 0 aromatic heterocycles. The number of hydrogen-bond acceptors (Lipinski definition) is 2. The summed E-state index contributed by atoms with van der Waals surface area (Å²) in [6.07, 6.45) is 5.91. The Kier molecular flexibility index (Phi) is 5.13. The van der Waals surface area contributed by atoms with Crippen LogP contribution in [0.4, 0.5) is 4.79 Å². The van der Waals surface area contributed by atoms with E-state index in [0.29, 0.717) is 6.67 Å². The first kappa shape index (κ1) is 17.9. The smallest absolute Gasteiger partial charge is 0.323 e. The maximum atomic E-state index is 13.0. The lowest BCUT2D eigenvalue weighted by molar-refractivity contribution is -0.901. The molecule has 1 spiro atoms. The highest BCUT2D eigenvalue weighted by Crippen LogP contribution is 2.32. The Balaban J connectivity index is 1.67. The molecule has 2 aliphatic rings. The summed E-state index contributed by atoms with van der Waals surface area (Å²) in [5, 5.41) is 3.02. The lowest BCUT2D eigenvalue weighted by Crippen LogP contribution is -3.09. The Morgan fingerprint density at radius 1 is 1.12 bits per heavy atom. The molecule has 2 N–H and O–H groups in total. The van der Waals surface area contributed by atoms with Crippen LogP contribution in [0.3, 0.4) is 0 Å². The third kappa shape index (κ3) is 3.71. The van der Waals surface area contributed by atoms with Crippen LogP contribution in [0, 0.1) is 13.8 Å². The number of rotatable bonds is 4. The van der Waals surface area contributed by atoms with E-state index < -0.39 is 5.54 Å². The average molecular weight is 344 g/mol. The van der Waals surface area contributed by atoms with E-state index in [-0.39, 0.29) is 11.9 Å². The lowest BCUT2D eigenvalue weighted by atomic mass is 9.90. The molecule has 1 unspecified atom stereocenters. The van der Waals surface area contributed by atoms with Gasteiger partial charge in [0.05, 0.1) is 7.05 Å². The first-order chi connectivity index (χ1) is 11.9. The number of benzene rings is 1. The molecule has 0 bridgehead atoms. The van der Waals surface area contributed by atoms with Crippen molar-refractivity contribution in [1.29, 1.82) is 0 Å². The zero-order chi connectivity index (χ0) is 18.0. The van der Waals surface area contributed by atoms with Crippen LogP contribution in [0.2, 0.25) is 0 Å². The van der Waals surface area contributed by atoms with E-state index in [1.807, 2.05) is 7.05 Å². The van der Waals surface area contributed by atoms with Crippen molar-refractivity contribution in [3.05, 3.63) is 34.9 Å². The van der Waals surface area contributed by atoms with Gasteiger partial charge in [-0.05, 0) is 32.3 Å². The molecule has 1 heterocycles. The Labute approximate surface area is 150 Å². The maximum absolute atomic E-state index is 13.0. The first-order valence-corrected chi connectivity index (χ1v) is 9.43. The topological polar surface area (TPSA) is 53.9 Å². The molecule has 3 amide bonds. The van der Waals surface area contributed by atoms with Gasteiger partial charge in [-0.1, -0.05) is 49.4 Å². The van der Waals surface area contributed by atoms with Gasteiger partial charge in [0.15, 0.2) is 6.67 Å². The van der Waals surface area contributed by atoms with Crippen LogP contribution in [-0.2, 0) is 11.3 Å². The highest BCUT2D eigenvalue weighted by molar-refractivity contribution is 6.06. The number of imide groups is 1. The van der Waals surface area contributed by atoms with Gasteiger partial charge in [-0.3, -0.25) is 4.79 Å². The number of carbonyl (C=O) groups is 2. The summed E-state index contributed by atoms with van der Waals surface area (Å²) in [5.74, 6) is -0.0145. The van der Waals surface area contributed by atoms with Gasteiger partial charge < -0.3 is 10.2 Å². The Bertz CT molecular complexity index is 663. The quantitative estimate of drug-likeness (QED) is 0.820. The minimum absolute atomic E-state index is 0.0145. The van der Waals surface area contributed by atoms with Crippen LogP contribution in [0.1, 0.15) is 55.2 Å². The van der Waals surface area contributed by atoms with E-state index in [9.17, 15) is 9.59 Å². The van der Waals surface area contributed by atoms with Crippen molar-refractivity contribution in [2.75, 3.05) is 13.7 Å². The normalized spacial score (nSPS) is 21.3. The van der Waals surface area contributed by atoms with Gasteiger partial charge in [0.2, 0.25) is 0 Å². The third-order valence-corrected chi connectivity index (χ3v) is 5.62. The van der Waals surface area contributed by atoms with Gasteiger partial charge in [0, 0.05) is 5.56 Å². The number of carbonyl (C=O) groups excluding carboxylic acids is 2. The maximum Gasteiger partial charge on any atom is 0.329 e. The molecule has 5 heteroatoms. The van der Waals surface area contributed by atoms with Gasteiger partial charge >= 0.3 is 6.03 Å². The molecule has 0 radical (unpaired) electrons. The second-order valence-electron chi connectivity index (χ2n) is 7.88. The summed E-state index contributed by atoms with van der Waals surface area (Å²) in [4.78, 5) is 28.0. The third-order valence-electron chi connectivity index (χ3n) is 5.62. The molecule has 1 aliphatic heterocycles. The summed E-state index contributed by atoms with van der Waals surface area (Å²) >= 11 is 0. The van der Waals surface area contributed by atoms with E-state index in [4.69, 9.17) is 0 Å². The Morgan fingerprint density at radius 2 is 1.80 bits per heavy atom. The van der Waals surface area contributed by atoms with Crippen LogP contribution in [0.25, 0.3) is 0 Å². The number of aryl methyl sites for hydroxylation is 2. The largest absolute Gasteiger partial charge is 0.329 e. The first-order valence-electron chi connectivity index (χ1n) is 9.43. The number of nitrogens with one attached hydrogen (secondary N) is 2. The fourth-order valence-corrected chi connectivity index (χ4v) is 4.19. The number of amides is 3. The minimum Gasteiger partial charge on any atom is -0.323 e. The summed E-state index contributed by atoms with van der Waals surface area (Å²) in [5.41, 5.74) is 3.15. The lowest BCUT2D eigenvalue weighted by Gasteiger charge is -2.25. The summed E-state index contributed by atoms with van der Waals surface area (Å²) in [6.45, 7) is 5.42. The SMILES string of the molecule is Cc1ccc(C[NH+](C)CN2C(=O)NC3(CCCCCC3)C2=O)c(C)c1. The molecular formula is C20H30N3O2+. The van der Waals surface area contributed by atoms with Crippen molar-refractivity contribution >= 4 is 11.9 Å². The zero-order valence-corrected chi connectivity index (χ0v) is 15.7. The number of quaternary nitrogens is 1. The molecule has 1 atom stereocenters. The summed E-state index contributed by atoms with van der Waals surface area (Å²) in [7, 11) is 2.04. The summed E-state index contributed by atoms with van der Waals surface area (Å²) < 4.78 is 0. The van der Waals surface area contributed by atoms with E-state index in [2.05, 4.69) is 37.4 Å². The standard InChI is InChI=1S/C20H29N3O2/c1-15-8-9-17(16(2)12-15)13-22(3)14-23-18(24)20(21-19(23)25)10-6-4-5-7-11-20/h8-9,12H,4-7,10-11,13-14H2,1-3H3,(H,21,25)/p+1. The predicted octanol–water partition coefficient (Wildman–Crippen LogP) is 1.92. The van der Waals surface area contributed by atoms with Gasteiger partial charge in [-0.15, -0.1) is 0 Å². The van der Waals surface area contributed by atoms with Gasteiger partial charge in [0.25, 0.3) is 5.91 Å². The van der Waals surface area contributed by atoms with Gasteiger partial charge in [-0.25, -0.2) is 9.69 Å². The van der Waals surface area contributed by atoms with Crippen molar-refractivity contribution in [3.8, 4) is 0 Å². The van der Waals surface area contributed by atoms with Gasteiger partial charge in [-0.2, -0.15) is 0 Å². The van der Waals surface area contributed by atoms with Crippen LogP contribution >= 0.6 is 0 Å². The summed E-state index contributed by atoms with van der Waals surface area (Å²) in [6, 6.07) is 6.22. The van der Waals surface area contributed by atoms with Crippen LogP contribution < -0.4 is 10.2 Å². The Hall–Kier alpha value is -1.88. The molecule has 1 aromatic carbocycles. The fourth-order valence-electron chi connectivity index (χ4n) is 4.19. The molecule has 1 aromatic rings. The zero-order valence-electron chi connectivity index (χ0n) is 15.7. The number of nitrogens with zero attached hydrogens (tertiary/aromatic N) is 1. The number of hydrogen-bond donors (Lipinski definition) is 2. The molecule has 1 saturated heterocycles. The molecular weight excluding hydrogens is 314 g/mol. The highest BCUT2D eigenvalue weighted by Gasteiger charge is 2.51. The second kappa shape index (κ2) is 7.16. The molecule has 2 fully saturated rings. The van der Waals surface area contributed by atoms with E-state index >= 15 is 0 Å². The monoisotopic (exact) mass is 344 g/mol. The van der Waals surface area contributed by atoms with Crippen LogP contribution in [0.15, 0.2) is 18.2 Å². The van der Waals surface area contributed by atoms with Crippen molar-refractivity contribution < 1.29 is 14.5 Å². The van der Waals surface area contributed by atoms with Crippen molar-refractivity contribution in [1.82, 2.24) is 10.2 Å². The highest BCUT2D eigenvalue weighted by atomic mass is 16.2. The number of urea groups is 1. The van der Waals surface area contributed by atoms with Gasteiger partial charge in [0.1, 0.15) is 12.1 Å². The molecule has 1 aliphatic carbocycles. The molecule has 136 valence electrons. The van der Waals surface area contributed by atoms with Crippen LogP contribution in [-0.4, -0.2) is 36.1 Å². The van der Waals surface area contributed by atoms with E-state index in [0.717, 1.165) is 50.0 Å². The second-order valence-corrected chi connectivity index (χ2v) is 7.88. The van der Waals surface area contributed by atoms with Crippen LogP contribution in [0.5, 0.6) is 0 Å². The van der Waals surface area contributed by atoms with Crippen molar-refractivity contribution in [2.24, 2.45) is 0 Å². The minimum atomic E-state index is -0.631. The van der Waals surface area contributed by atoms with Crippen molar-refractivity contribution in [3.63, 3.8) is 0 Å².